The molecule has 0 aliphatic heterocycles. The molecular weight excluding hydrogens is 264 g/mol. The van der Waals surface area contributed by atoms with Crippen LogP contribution in [0.25, 0.3) is 10.9 Å². The Hall–Kier alpha value is -1.53. The molecule has 2 aromatic rings. The minimum absolute atomic E-state index is 0.139. The van der Waals surface area contributed by atoms with Crippen molar-refractivity contribution in [3.63, 3.8) is 0 Å². The van der Waals surface area contributed by atoms with Crippen molar-refractivity contribution in [3.05, 3.63) is 24.4 Å². The van der Waals surface area contributed by atoms with E-state index in [1.54, 1.807) is 12.3 Å². The van der Waals surface area contributed by atoms with Gasteiger partial charge in [0.25, 0.3) is 0 Å². The molecule has 5 nitrogen and oxygen atoms in total. The van der Waals surface area contributed by atoms with Gasteiger partial charge in [0.1, 0.15) is 10.6 Å². The fourth-order valence-corrected chi connectivity index (χ4v) is 3.16. The van der Waals surface area contributed by atoms with E-state index in [1.807, 2.05) is 16.7 Å². The Morgan fingerprint density at radius 2 is 2.16 bits per heavy atom. The maximum absolute atomic E-state index is 11.7. The number of methoxy groups -OCH3 is 1. The molecule has 102 valence electrons. The number of hydrogen-bond donors (Lipinski definition) is 1. The lowest BCUT2D eigenvalue weighted by atomic mass is 10.2. The predicted molar refractivity (Wildman–Crippen MR) is 72.6 cm³/mol. The average Bonchev–Trinajstić information content (AvgIpc) is 3.08. The molecule has 0 amide bonds. The smallest absolute Gasteiger partial charge is 0.240 e. The molecule has 1 aromatic carbocycles. The van der Waals surface area contributed by atoms with Crippen LogP contribution < -0.4 is 9.88 Å². The normalized spacial score (nSPS) is 15.9. The lowest BCUT2D eigenvalue weighted by Gasteiger charge is -2.05. The fraction of sp³-hybridized carbons (Fsp3) is 0.385. The molecule has 0 unspecified atom stereocenters. The molecule has 3 rings (SSSR count). The summed E-state index contributed by atoms with van der Waals surface area (Å²) in [5.41, 5.74) is 0.857. The van der Waals surface area contributed by atoms with E-state index in [2.05, 4.69) is 0 Å². The van der Waals surface area contributed by atoms with Gasteiger partial charge in [-0.3, -0.25) is 0 Å². The Labute approximate surface area is 112 Å². The van der Waals surface area contributed by atoms with Crippen molar-refractivity contribution in [1.82, 2.24) is 4.57 Å². The molecule has 0 atom stereocenters. The second-order valence-electron chi connectivity index (χ2n) is 4.99. The van der Waals surface area contributed by atoms with Gasteiger partial charge in [-0.1, -0.05) is 6.07 Å². The van der Waals surface area contributed by atoms with Crippen LogP contribution in [-0.2, 0) is 16.6 Å². The van der Waals surface area contributed by atoms with Gasteiger partial charge in [-0.2, -0.15) is 0 Å². The van der Waals surface area contributed by atoms with Crippen LogP contribution in [-0.4, -0.2) is 20.1 Å². The summed E-state index contributed by atoms with van der Waals surface area (Å²) < 4.78 is 30.7. The summed E-state index contributed by atoms with van der Waals surface area (Å²) in [6, 6.07) is 5.50. The lowest BCUT2D eigenvalue weighted by Crippen LogP contribution is -2.11. The van der Waals surface area contributed by atoms with Crippen LogP contribution in [0, 0.1) is 5.92 Å². The van der Waals surface area contributed by atoms with Gasteiger partial charge in [0.05, 0.1) is 18.0 Å². The van der Waals surface area contributed by atoms with E-state index in [-0.39, 0.29) is 4.90 Å². The number of nitrogens with zero attached hydrogens (tertiary/aromatic N) is 1. The van der Waals surface area contributed by atoms with Crippen molar-refractivity contribution in [2.45, 2.75) is 24.3 Å². The van der Waals surface area contributed by atoms with Gasteiger partial charge in [-0.05, 0) is 30.9 Å². The second-order valence-corrected chi connectivity index (χ2v) is 6.52. The molecule has 1 aliphatic rings. The first-order valence-electron chi connectivity index (χ1n) is 6.19. The summed E-state index contributed by atoms with van der Waals surface area (Å²) in [6.07, 6.45) is 4.03. The van der Waals surface area contributed by atoms with Gasteiger partial charge in [-0.15, -0.1) is 0 Å². The Bertz CT molecular complexity index is 730. The van der Waals surface area contributed by atoms with Gasteiger partial charge < -0.3 is 9.30 Å². The summed E-state index contributed by atoms with van der Waals surface area (Å²) in [5.74, 6) is 1.19. The number of hydrogen-bond acceptors (Lipinski definition) is 3. The number of fused-ring (bicyclic) bond motifs is 1. The summed E-state index contributed by atoms with van der Waals surface area (Å²) in [4.78, 5) is 0.139. The molecule has 1 heterocycles. The largest absolute Gasteiger partial charge is 0.496 e. The number of benzene rings is 1. The predicted octanol–water partition coefficient (Wildman–Crippen LogP) is 1.71. The SMILES string of the molecule is COc1cccc2c1c(S(N)(=O)=O)cn2CC1CC1. The monoisotopic (exact) mass is 280 g/mol. The number of sulfonamides is 1. The first-order valence-corrected chi connectivity index (χ1v) is 7.74. The van der Waals surface area contributed by atoms with Crippen LogP contribution >= 0.6 is 0 Å². The van der Waals surface area contributed by atoms with Crippen LogP contribution in [0.5, 0.6) is 5.75 Å². The highest BCUT2D eigenvalue weighted by molar-refractivity contribution is 7.89. The zero-order chi connectivity index (χ0) is 13.6. The first-order chi connectivity index (χ1) is 9.00. The van der Waals surface area contributed by atoms with Crippen molar-refractivity contribution in [1.29, 1.82) is 0 Å². The summed E-state index contributed by atoms with van der Waals surface area (Å²) in [5, 5.41) is 5.89. The van der Waals surface area contributed by atoms with E-state index < -0.39 is 10.0 Å². The van der Waals surface area contributed by atoms with E-state index in [4.69, 9.17) is 9.88 Å². The van der Waals surface area contributed by atoms with Crippen molar-refractivity contribution in [3.8, 4) is 5.75 Å². The highest BCUT2D eigenvalue weighted by atomic mass is 32.2. The first kappa shape index (κ1) is 12.5. The Morgan fingerprint density at radius 3 is 2.74 bits per heavy atom. The highest BCUT2D eigenvalue weighted by Gasteiger charge is 2.25. The van der Waals surface area contributed by atoms with E-state index in [0.717, 1.165) is 12.1 Å². The third-order valence-corrected chi connectivity index (χ3v) is 4.43. The number of primary sulfonamides is 1. The number of nitrogens with two attached hydrogens (primary N) is 1. The van der Waals surface area contributed by atoms with Gasteiger partial charge >= 0.3 is 0 Å². The van der Waals surface area contributed by atoms with Gasteiger partial charge in [0.2, 0.25) is 10.0 Å². The van der Waals surface area contributed by atoms with Gasteiger partial charge in [-0.25, -0.2) is 13.6 Å². The lowest BCUT2D eigenvalue weighted by molar-refractivity contribution is 0.419. The number of ether oxygens (including phenoxy) is 1. The fourth-order valence-electron chi connectivity index (χ4n) is 2.40. The molecule has 6 heteroatoms. The van der Waals surface area contributed by atoms with Gasteiger partial charge in [0, 0.05) is 12.7 Å². The van der Waals surface area contributed by atoms with Crippen molar-refractivity contribution in [2.75, 3.05) is 7.11 Å². The van der Waals surface area contributed by atoms with Crippen molar-refractivity contribution in [2.24, 2.45) is 11.1 Å². The zero-order valence-electron chi connectivity index (χ0n) is 10.7. The molecule has 1 saturated carbocycles. The Balaban J connectivity index is 2.28. The van der Waals surface area contributed by atoms with Crippen LogP contribution in [0.4, 0.5) is 0 Å². The molecule has 1 aromatic heterocycles. The zero-order valence-corrected chi connectivity index (χ0v) is 11.5. The molecule has 0 bridgehead atoms. The molecule has 19 heavy (non-hydrogen) atoms. The molecular formula is C13H16N2O3S. The van der Waals surface area contributed by atoms with Crippen molar-refractivity contribution >= 4 is 20.9 Å². The summed E-state index contributed by atoms with van der Waals surface area (Å²) >= 11 is 0. The molecule has 0 saturated heterocycles. The quantitative estimate of drug-likeness (QED) is 0.926. The second kappa shape index (κ2) is 4.25. The molecule has 0 spiro atoms. The van der Waals surface area contributed by atoms with Crippen LogP contribution in [0.2, 0.25) is 0 Å². The third kappa shape index (κ3) is 2.21. The van der Waals surface area contributed by atoms with E-state index in [0.29, 0.717) is 17.1 Å². The van der Waals surface area contributed by atoms with Crippen LogP contribution in [0.3, 0.4) is 0 Å². The summed E-state index contributed by atoms with van der Waals surface area (Å²) in [7, 11) is -2.23. The topological polar surface area (TPSA) is 74.3 Å². The van der Waals surface area contributed by atoms with Gasteiger partial charge in [0.15, 0.2) is 0 Å². The standard InChI is InChI=1S/C13H16N2O3S/c1-18-11-4-2-3-10-13(11)12(19(14,16)17)8-15(10)7-9-5-6-9/h2-4,8-9H,5-7H2,1H3,(H2,14,16,17). The number of aromatic nitrogens is 1. The molecule has 1 fully saturated rings. The van der Waals surface area contributed by atoms with E-state index >= 15 is 0 Å². The van der Waals surface area contributed by atoms with E-state index in [1.165, 1.54) is 20.0 Å². The molecule has 1 aliphatic carbocycles. The maximum Gasteiger partial charge on any atom is 0.240 e. The van der Waals surface area contributed by atoms with Crippen molar-refractivity contribution < 1.29 is 13.2 Å². The Kier molecular flexibility index (Phi) is 2.79. The molecule has 0 radical (unpaired) electrons. The van der Waals surface area contributed by atoms with E-state index in [9.17, 15) is 8.42 Å². The maximum atomic E-state index is 11.7. The Morgan fingerprint density at radius 1 is 1.42 bits per heavy atom. The van der Waals surface area contributed by atoms with Crippen LogP contribution in [0.1, 0.15) is 12.8 Å². The minimum atomic E-state index is -3.76. The highest BCUT2D eigenvalue weighted by Crippen LogP contribution is 2.36. The minimum Gasteiger partial charge on any atom is -0.496 e. The molecule has 2 N–H and O–H groups in total. The summed E-state index contributed by atoms with van der Waals surface area (Å²) in [6.45, 7) is 0.833. The average molecular weight is 280 g/mol. The van der Waals surface area contributed by atoms with Crippen LogP contribution in [0.15, 0.2) is 29.3 Å². The third-order valence-electron chi connectivity index (χ3n) is 3.51. The number of rotatable bonds is 4.